The standard InChI is InChI=1S/C37H61N7O7S/c1-8-17-38-33(47)31(45)26(9-2)39-32(46)30-28-25(37(28,6)7)21-44(30)34(48)29(24-13-11-10-12-14-24)41-35(49)40-27(36(3,4)5)22-43-19-18-42(52(43,50)51)20-23-15-16-23/h8,23-30H,1,9-22H2,2-7H3,(H,38,47)(H,39,46)(H2,40,41,49)/t25-,26?,27+,28-,29-,30-/m0/s1. The average Bonchev–Trinajstić information content (AvgIpc) is 3.91. The van der Waals surface area contributed by atoms with E-state index in [-0.39, 0.29) is 48.6 Å². The van der Waals surface area contributed by atoms with E-state index < -0.39 is 63.4 Å². The summed E-state index contributed by atoms with van der Waals surface area (Å²) in [5.74, 6) is -2.15. The van der Waals surface area contributed by atoms with E-state index in [0.717, 1.165) is 44.9 Å². The van der Waals surface area contributed by atoms with Gasteiger partial charge in [0, 0.05) is 45.3 Å². The van der Waals surface area contributed by atoms with Crippen LogP contribution in [-0.2, 0) is 29.4 Å². The molecule has 5 fully saturated rings. The van der Waals surface area contributed by atoms with Crippen LogP contribution in [0.1, 0.15) is 92.9 Å². The Morgan fingerprint density at radius 2 is 1.60 bits per heavy atom. The van der Waals surface area contributed by atoms with Crippen LogP contribution in [0.3, 0.4) is 0 Å². The number of rotatable bonds is 15. The minimum atomic E-state index is -3.64. The number of carbonyl (C=O) groups is 5. The van der Waals surface area contributed by atoms with Crippen LogP contribution < -0.4 is 21.3 Å². The van der Waals surface area contributed by atoms with Crippen molar-refractivity contribution in [2.24, 2.45) is 34.5 Å². The third-order valence-corrected chi connectivity index (χ3v) is 14.2. The fraction of sp³-hybridized carbons (Fsp3) is 0.811. The van der Waals surface area contributed by atoms with Gasteiger partial charge in [-0.25, -0.2) is 4.79 Å². The van der Waals surface area contributed by atoms with E-state index >= 15 is 0 Å². The normalized spacial score (nSPS) is 27.5. The number of amides is 5. The van der Waals surface area contributed by atoms with Gasteiger partial charge in [0.2, 0.25) is 17.6 Å². The van der Waals surface area contributed by atoms with Gasteiger partial charge >= 0.3 is 6.03 Å². The predicted molar refractivity (Wildman–Crippen MR) is 197 cm³/mol. The highest BCUT2D eigenvalue weighted by Gasteiger charge is 2.69. The van der Waals surface area contributed by atoms with Crippen LogP contribution in [0.4, 0.5) is 4.79 Å². The fourth-order valence-corrected chi connectivity index (χ4v) is 10.2. The summed E-state index contributed by atoms with van der Waals surface area (Å²) in [6, 6.07) is -3.90. The van der Waals surface area contributed by atoms with Gasteiger partial charge in [-0.1, -0.05) is 66.9 Å². The van der Waals surface area contributed by atoms with Gasteiger partial charge in [0.25, 0.3) is 16.1 Å². The van der Waals surface area contributed by atoms with Crippen LogP contribution in [0.25, 0.3) is 0 Å². The molecule has 15 heteroatoms. The van der Waals surface area contributed by atoms with Crippen LogP contribution in [-0.4, -0.2) is 115 Å². The Morgan fingerprint density at radius 1 is 0.942 bits per heavy atom. The van der Waals surface area contributed by atoms with Crippen LogP contribution in [0.15, 0.2) is 12.7 Å². The van der Waals surface area contributed by atoms with E-state index in [1.807, 2.05) is 20.8 Å². The van der Waals surface area contributed by atoms with Gasteiger partial charge in [0.05, 0.1) is 6.04 Å². The van der Waals surface area contributed by atoms with Gasteiger partial charge in [-0.15, -0.1) is 6.58 Å². The smallest absolute Gasteiger partial charge is 0.315 e. The number of hydrogen-bond donors (Lipinski definition) is 4. The van der Waals surface area contributed by atoms with Crippen LogP contribution in [0, 0.1) is 34.5 Å². The highest BCUT2D eigenvalue weighted by Crippen LogP contribution is 2.65. The molecule has 52 heavy (non-hydrogen) atoms. The molecule has 5 rings (SSSR count). The number of hydrogen-bond acceptors (Lipinski definition) is 7. The Labute approximate surface area is 309 Å². The van der Waals surface area contributed by atoms with Crippen molar-refractivity contribution < 1.29 is 32.4 Å². The molecule has 3 saturated carbocycles. The van der Waals surface area contributed by atoms with Crippen molar-refractivity contribution in [3.05, 3.63) is 12.7 Å². The number of urea groups is 1. The highest BCUT2D eigenvalue weighted by molar-refractivity contribution is 7.87. The lowest BCUT2D eigenvalue weighted by Crippen LogP contribution is -2.61. The van der Waals surface area contributed by atoms with Crippen molar-refractivity contribution >= 4 is 39.7 Å². The molecule has 292 valence electrons. The summed E-state index contributed by atoms with van der Waals surface area (Å²) in [5.41, 5.74) is -0.691. The molecule has 5 amide bonds. The second kappa shape index (κ2) is 15.7. The molecule has 0 spiro atoms. The zero-order valence-corrected chi connectivity index (χ0v) is 32.7. The number of ketones is 1. The molecule has 0 bridgehead atoms. The number of carbonyl (C=O) groups excluding carboxylic acids is 5. The minimum Gasteiger partial charge on any atom is -0.346 e. The third-order valence-electron chi connectivity index (χ3n) is 12.3. The molecule has 4 N–H and O–H groups in total. The zero-order chi connectivity index (χ0) is 38.2. The van der Waals surface area contributed by atoms with E-state index in [4.69, 9.17) is 0 Å². The van der Waals surface area contributed by atoms with Gasteiger partial charge in [0.1, 0.15) is 12.1 Å². The molecule has 0 aromatic carbocycles. The minimum absolute atomic E-state index is 0.0758. The number of piperidine rings is 1. The van der Waals surface area contributed by atoms with Crippen LogP contribution in [0.5, 0.6) is 0 Å². The largest absolute Gasteiger partial charge is 0.346 e. The Kier molecular flexibility index (Phi) is 12.2. The first-order valence-corrected chi connectivity index (χ1v) is 20.7. The van der Waals surface area contributed by atoms with Crippen molar-refractivity contribution in [1.82, 2.24) is 34.8 Å². The zero-order valence-electron chi connectivity index (χ0n) is 31.9. The van der Waals surface area contributed by atoms with Gasteiger partial charge in [-0.3, -0.25) is 19.2 Å². The first-order valence-electron chi connectivity index (χ1n) is 19.3. The summed E-state index contributed by atoms with van der Waals surface area (Å²) >= 11 is 0. The van der Waals surface area contributed by atoms with Gasteiger partial charge < -0.3 is 26.2 Å². The average molecular weight is 748 g/mol. The Bertz CT molecular complexity index is 1500. The molecule has 6 atom stereocenters. The summed E-state index contributed by atoms with van der Waals surface area (Å²) in [6.45, 7) is 17.1. The molecule has 0 radical (unpaired) electrons. The summed E-state index contributed by atoms with van der Waals surface area (Å²) in [5, 5.41) is 11.3. The second-order valence-electron chi connectivity index (χ2n) is 17.3. The maximum atomic E-state index is 14.6. The van der Waals surface area contributed by atoms with Crippen molar-refractivity contribution in [3.63, 3.8) is 0 Å². The quantitative estimate of drug-likeness (QED) is 0.147. The monoisotopic (exact) mass is 747 g/mol. The molecule has 0 aromatic rings. The molecule has 5 aliphatic rings. The molecule has 2 aliphatic heterocycles. The lowest BCUT2D eigenvalue weighted by atomic mass is 9.83. The van der Waals surface area contributed by atoms with E-state index in [0.29, 0.717) is 32.1 Å². The first kappa shape index (κ1) is 40.2. The van der Waals surface area contributed by atoms with Crippen LogP contribution in [0.2, 0.25) is 0 Å². The van der Waals surface area contributed by atoms with Crippen molar-refractivity contribution in [2.75, 3.05) is 39.3 Å². The van der Waals surface area contributed by atoms with Crippen molar-refractivity contribution in [2.45, 2.75) is 117 Å². The summed E-state index contributed by atoms with van der Waals surface area (Å²) < 4.78 is 29.8. The Balaban J connectivity index is 1.31. The summed E-state index contributed by atoms with van der Waals surface area (Å²) in [6.07, 6.45) is 8.13. The van der Waals surface area contributed by atoms with E-state index in [9.17, 15) is 32.4 Å². The lowest BCUT2D eigenvalue weighted by Gasteiger charge is -2.38. The molecule has 2 saturated heterocycles. The number of Topliss-reactive ketones (excluding diaryl/α,β-unsaturated/α-hetero) is 1. The Morgan fingerprint density at radius 3 is 2.19 bits per heavy atom. The molecule has 0 aromatic heterocycles. The molecule has 2 heterocycles. The maximum Gasteiger partial charge on any atom is 0.315 e. The second-order valence-corrected chi connectivity index (χ2v) is 19.2. The van der Waals surface area contributed by atoms with Crippen LogP contribution >= 0.6 is 0 Å². The SMILES string of the molecule is C=CCNC(=O)C(=O)C(CC)NC(=O)[C@@H]1[C@@H]2[C@H](CN1C(=O)[C@@H](NC(=O)N[C@H](CN1CCN(CC3CC3)S1(=O)=O)C(C)(C)C)C1CCCCC1)C2(C)C. The van der Waals surface area contributed by atoms with Gasteiger partial charge in [-0.05, 0) is 66.6 Å². The molecule has 1 unspecified atom stereocenters. The number of nitrogens with one attached hydrogen (secondary N) is 4. The third kappa shape index (κ3) is 8.67. The highest BCUT2D eigenvalue weighted by atomic mass is 32.2. The van der Waals surface area contributed by atoms with Gasteiger partial charge in [-0.2, -0.15) is 17.0 Å². The Hall–Kier alpha value is -3.04. The number of fused-ring (bicyclic) bond motifs is 1. The lowest BCUT2D eigenvalue weighted by molar-refractivity contribution is -0.144. The molecular weight excluding hydrogens is 687 g/mol. The number of likely N-dealkylation sites (tertiary alicyclic amines) is 1. The van der Waals surface area contributed by atoms with E-state index in [2.05, 4.69) is 41.7 Å². The molecular formula is C37H61N7O7S. The predicted octanol–water partition coefficient (Wildman–Crippen LogP) is 2.17. The van der Waals surface area contributed by atoms with Crippen molar-refractivity contribution in [1.29, 1.82) is 0 Å². The van der Waals surface area contributed by atoms with Gasteiger partial charge in [0.15, 0.2) is 0 Å². The molecule has 14 nitrogen and oxygen atoms in total. The number of nitrogens with zero attached hydrogens (tertiary/aromatic N) is 3. The first-order chi connectivity index (χ1) is 24.4. The summed E-state index contributed by atoms with van der Waals surface area (Å²) in [7, 11) is -3.64. The maximum absolute atomic E-state index is 14.6. The summed E-state index contributed by atoms with van der Waals surface area (Å²) in [4.78, 5) is 69.5. The molecule has 3 aliphatic carbocycles. The fourth-order valence-electron chi connectivity index (χ4n) is 8.52. The topological polar surface area (TPSA) is 177 Å². The van der Waals surface area contributed by atoms with E-state index in [1.54, 1.807) is 16.1 Å². The van der Waals surface area contributed by atoms with Crippen molar-refractivity contribution in [3.8, 4) is 0 Å². The van der Waals surface area contributed by atoms with E-state index in [1.165, 1.54) is 10.4 Å².